The van der Waals surface area contributed by atoms with Gasteiger partial charge in [0.05, 0.1) is 0 Å². The minimum Gasteiger partial charge on any atom is -0.427 e. The molecule has 0 aromatic heterocycles. The lowest BCUT2D eigenvalue weighted by Crippen LogP contribution is -2.40. The fourth-order valence-electron chi connectivity index (χ4n) is 6.06. The highest BCUT2D eigenvalue weighted by Gasteiger charge is 2.52. The molecule has 1 aromatic carbocycles. The molecule has 0 bridgehead atoms. The van der Waals surface area contributed by atoms with E-state index in [1.807, 2.05) is 6.07 Å². The van der Waals surface area contributed by atoms with Crippen molar-refractivity contribution in [1.82, 2.24) is 0 Å². The van der Waals surface area contributed by atoms with Gasteiger partial charge in [-0.15, -0.1) is 0 Å². The highest BCUT2D eigenvalue weighted by molar-refractivity contribution is 9.09. The van der Waals surface area contributed by atoms with Gasteiger partial charge in [0.2, 0.25) is 0 Å². The average Bonchev–Trinajstić information content (AvgIpc) is 2.91. The zero-order valence-corrected chi connectivity index (χ0v) is 16.8. The number of hydrogen-bond acceptors (Lipinski definition) is 2. The number of fused-ring (bicyclic) bond motifs is 5. The maximum Gasteiger partial charge on any atom is 0.308 e. The SMILES string of the molecule is CC(=O)Oc1ccc2c(c1)CCC1C2CCC2(C)/C(=C/CBr)CCC12. The first-order valence-corrected chi connectivity index (χ1v) is 10.7. The molecule has 3 aliphatic rings. The van der Waals surface area contributed by atoms with Crippen LogP contribution in [-0.2, 0) is 11.2 Å². The van der Waals surface area contributed by atoms with Crippen LogP contribution in [0.1, 0.15) is 63.0 Å². The maximum atomic E-state index is 11.2. The third kappa shape index (κ3) is 2.89. The summed E-state index contributed by atoms with van der Waals surface area (Å²) in [4.78, 5) is 11.2. The summed E-state index contributed by atoms with van der Waals surface area (Å²) in [5, 5.41) is 0.987. The van der Waals surface area contributed by atoms with E-state index in [0.29, 0.717) is 17.1 Å². The third-order valence-electron chi connectivity index (χ3n) is 7.13. The predicted octanol–water partition coefficient (Wildman–Crippen LogP) is 5.79. The second-order valence-corrected chi connectivity index (χ2v) is 8.90. The van der Waals surface area contributed by atoms with E-state index >= 15 is 0 Å². The van der Waals surface area contributed by atoms with Gasteiger partial charge < -0.3 is 4.74 Å². The lowest BCUT2D eigenvalue weighted by Gasteiger charge is -2.49. The van der Waals surface area contributed by atoms with Gasteiger partial charge in [0, 0.05) is 12.3 Å². The summed E-state index contributed by atoms with van der Waals surface area (Å²) in [7, 11) is 0. The van der Waals surface area contributed by atoms with Crippen LogP contribution in [0.2, 0.25) is 0 Å². The molecule has 0 N–H and O–H groups in total. The molecule has 4 unspecified atom stereocenters. The Morgan fingerprint density at radius 3 is 2.92 bits per heavy atom. The van der Waals surface area contributed by atoms with Gasteiger partial charge in [-0.1, -0.05) is 40.6 Å². The molecule has 3 aliphatic carbocycles. The summed E-state index contributed by atoms with van der Waals surface area (Å²) in [5.41, 5.74) is 5.04. The molecule has 0 saturated heterocycles. The first kappa shape index (κ1) is 17.3. The summed E-state index contributed by atoms with van der Waals surface area (Å²) in [6.45, 7) is 3.99. The smallest absolute Gasteiger partial charge is 0.308 e. The van der Waals surface area contributed by atoms with Gasteiger partial charge in [0.1, 0.15) is 5.75 Å². The predicted molar refractivity (Wildman–Crippen MR) is 104 cm³/mol. The topological polar surface area (TPSA) is 26.3 Å². The van der Waals surface area contributed by atoms with Crippen LogP contribution in [0.3, 0.4) is 0 Å². The van der Waals surface area contributed by atoms with Crippen molar-refractivity contribution < 1.29 is 9.53 Å². The number of allylic oxidation sites excluding steroid dienone is 2. The first-order valence-electron chi connectivity index (χ1n) is 9.59. The Labute approximate surface area is 159 Å². The molecule has 2 saturated carbocycles. The van der Waals surface area contributed by atoms with Crippen LogP contribution in [0.5, 0.6) is 5.75 Å². The number of benzene rings is 1. The van der Waals surface area contributed by atoms with E-state index in [0.717, 1.165) is 23.6 Å². The van der Waals surface area contributed by atoms with Crippen molar-refractivity contribution in [3.63, 3.8) is 0 Å². The highest BCUT2D eigenvalue weighted by Crippen LogP contribution is 2.62. The molecule has 0 radical (unpaired) electrons. The minimum absolute atomic E-state index is 0.237. The number of halogens is 1. The lowest BCUT2D eigenvalue weighted by molar-refractivity contribution is -0.131. The standard InChI is InChI=1S/C22H27BrO2/c1-14(24)25-17-5-7-18-15(13-17)3-6-20-19(18)9-11-22(2)16(10-12-23)4-8-21(20)22/h5,7,10,13,19-21H,3-4,6,8-9,11-12H2,1-2H3/b16-10+. The molecular weight excluding hydrogens is 376 g/mol. The fraction of sp³-hybridized carbons (Fsp3) is 0.591. The summed E-state index contributed by atoms with van der Waals surface area (Å²) in [6.07, 6.45) is 10.1. The number of ether oxygens (including phenoxy) is 1. The number of esters is 1. The van der Waals surface area contributed by atoms with Crippen molar-refractivity contribution in [2.75, 3.05) is 5.33 Å². The van der Waals surface area contributed by atoms with Gasteiger partial charge in [-0.3, -0.25) is 4.79 Å². The van der Waals surface area contributed by atoms with Crippen LogP contribution < -0.4 is 4.74 Å². The van der Waals surface area contributed by atoms with Crippen LogP contribution in [0.15, 0.2) is 29.8 Å². The zero-order valence-electron chi connectivity index (χ0n) is 15.2. The van der Waals surface area contributed by atoms with Gasteiger partial charge in [0.25, 0.3) is 0 Å². The van der Waals surface area contributed by atoms with Gasteiger partial charge in [-0.25, -0.2) is 0 Å². The van der Waals surface area contributed by atoms with E-state index in [-0.39, 0.29) is 5.97 Å². The molecule has 2 fully saturated rings. The van der Waals surface area contributed by atoms with Crippen LogP contribution in [0, 0.1) is 17.3 Å². The largest absolute Gasteiger partial charge is 0.427 e. The first-order chi connectivity index (χ1) is 12.0. The van der Waals surface area contributed by atoms with Crippen molar-refractivity contribution in [3.8, 4) is 5.75 Å². The molecule has 2 nitrogen and oxygen atoms in total. The summed E-state index contributed by atoms with van der Waals surface area (Å²) in [6, 6.07) is 6.32. The Balaban J connectivity index is 1.62. The van der Waals surface area contributed by atoms with E-state index in [9.17, 15) is 4.79 Å². The molecule has 0 aliphatic heterocycles. The van der Waals surface area contributed by atoms with E-state index in [4.69, 9.17) is 4.74 Å². The van der Waals surface area contributed by atoms with Crippen LogP contribution in [0.4, 0.5) is 0 Å². The van der Waals surface area contributed by atoms with Crippen LogP contribution in [-0.4, -0.2) is 11.3 Å². The van der Waals surface area contributed by atoms with Crippen molar-refractivity contribution in [2.24, 2.45) is 17.3 Å². The Bertz CT molecular complexity index is 723. The number of carbonyl (C=O) groups excluding carboxylic acids is 1. The fourth-order valence-corrected chi connectivity index (χ4v) is 6.46. The van der Waals surface area contributed by atoms with Gasteiger partial charge in [0.15, 0.2) is 0 Å². The number of rotatable bonds is 2. The molecular formula is C22H27BrO2. The second kappa shape index (κ2) is 6.57. The van der Waals surface area contributed by atoms with Crippen molar-refractivity contribution in [3.05, 3.63) is 41.0 Å². The lowest BCUT2D eigenvalue weighted by atomic mass is 9.55. The van der Waals surface area contributed by atoms with E-state index < -0.39 is 0 Å². The summed E-state index contributed by atoms with van der Waals surface area (Å²) in [5.74, 6) is 2.80. The Hall–Kier alpha value is -1.09. The Morgan fingerprint density at radius 2 is 2.16 bits per heavy atom. The van der Waals surface area contributed by atoms with Crippen LogP contribution in [0.25, 0.3) is 0 Å². The maximum absolute atomic E-state index is 11.2. The average molecular weight is 403 g/mol. The molecule has 134 valence electrons. The molecule has 1 aromatic rings. The van der Waals surface area contributed by atoms with Crippen molar-refractivity contribution >= 4 is 21.9 Å². The van der Waals surface area contributed by atoms with Gasteiger partial charge in [-0.05, 0) is 85.0 Å². The zero-order chi connectivity index (χ0) is 17.6. The van der Waals surface area contributed by atoms with E-state index in [2.05, 4.69) is 41.1 Å². The quantitative estimate of drug-likeness (QED) is 0.270. The molecule has 3 heteroatoms. The Kier molecular flexibility index (Phi) is 4.56. The van der Waals surface area contributed by atoms with Gasteiger partial charge in [-0.2, -0.15) is 0 Å². The summed E-state index contributed by atoms with van der Waals surface area (Å²) < 4.78 is 5.29. The number of carbonyl (C=O) groups is 1. The number of aryl methyl sites for hydroxylation is 1. The van der Waals surface area contributed by atoms with E-state index in [1.165, 1.54) is 50.2 Å². The molecule has 25 heavy (non-hydrogen) atoms. The molecule has 0 spiro atoms. The highest BCUT2D eigenvalue weighted by atomic mass is 79.9. The molecule has 4 atom stereocenters. The number of alkyl halides is 1. The van der Waals surface area contributed by atoms with Crippen molar-refractivity contribution in [1.29, 1.82) is 0 Å². The normalized spacial score (nSPS) is 35.0. The molecule has 4 rings (SSSR count). The minimum atomic E-state index is -0.237. The molecule has 0 amide bonds. The third-order valence-corrected chi connectivity index (χ3v) is 7.45. The summed E-state index contributed by atoms with van der Waals surface area (Å²) >= 11 is 3.60. The Morgan fingerprint density at radius 1 is 1.32 bits per heavy atom. The second-order valence-electron chi connectivity index (χ2n) is 8.25. The van der Waals surface area contributed by atoms with Crippen LogP contribution >= 0.6 is 15.9 Å². The number of hydrogen-bond donors (Lipinski definition) is 0. The van der Waals surface area contributed by atoms with Crippen molar-refractivity contribution in [2.45, 2.75) is 58.3 Å². The molecule has 0 heterocycles. The van der Waals surface area contributed by atoms with Gasteiger partial charge >= 0.3 is 5.97 Å². The monoisotopic (exact) mass is 402 g/mol. The van der Waals surface area contributed by atoms with E-state index in [1.54, 1.807) is 5.57 Å².